The summed E-state index contributed by atoms with van der Waals surface area (Å²) in [6.45, 7) is 2.07. The van der Waals surface area contributed by atoms with E-state index in [1.54, 1.807) is 18.2 Å². The number of carbonyl (C=O) groups excluding carboxylic acids is 1. The molecule has 3 heteroatoms. The van der Waals surface area contributed by atoms with Crippen molar-refractivity contribution in [1.82, 2.24) is 0 Å². The first-order valence-corrected chi connectivity index (χ1v) is 6.59. The van der Waals surface area contributed by atoms with Crippen LogP contribution >= 0.6 is 15.9 Å². The molecular formula is C15H14BrNO. The van der Waals surface area contributed by atoms with Crippen LogP contribution in [0.25, 0.3) is 0 Å². The Bertz CT molecular complexity index is 573. The molecule has 0 spiro atoms. The molecule has 2 aromatic rings. The maximum absolute atomic E-state index is 12.3. The lowest BCUT2D eigenvalue weighted by atomic mass is 10.0. The molecule has 0 aliphatic carbocycles. The average molecular weight is 304 g/mol. The number of aryl methyl sites for hydroxylation is 1. The van der Waals surface area contributed by atoms with Crippen LogP contribution < -0.4 is 5.73 Å². The molecule has 0 saturated carbocycles. The zero-order valence-corrected chi connectivity index (χ0v) is 11.7. The third-order valence-corrected chi connectivity index (χ3v) is 3.24. The van der Waals surface area contributed by atoms with E-state index in [4.69, 9.17) is 5.73 Å². The van der Waals surface area contributed by atoms with Gasteiger partial charge in [-0.2, -0.15) is 0 Å². The Kier molecular flexibility index (Phi) is 3.82. The van der Waals surface area contributed by atoms with Crippen LogP contribution in [-0.4, -0.2) is 5.78 Å². The second-order valence-electron chi connectivity index (χ2n) is 4.16. The van der Waals surface area contributed by atoms with E-state index in [0.29, 0.717) is 16.8 Å². The van der Waals surface area contributed by atoms with E-state index >= 15 is 0 Å². The Morgan fingerprint density at radius 2 is 1.94 bits per heavy atom. The molecule has 2 rings (SSSR count). The van der Waals surface area contributed by atoms with Crippen molar-refractivity contribution in [3.8, 4) is 0 Å². The van der Waals surface area contributed by atoms with Gasteiger partial charge < -0.3 is 5.73 Å². The monoisotopic (exact) mass is 303 g/mol. The molecular weight excluding hydrogens is 290 g/mol. The van der Waals surface area contributed by atoms with Gasteiger partial charge in [-0.15, -0.1) is 0 Å². The molecule has 2 N–H and O–H groups in total. The minimum Gasteiger partial charge on any atom is -0.399 e. The summed E-state index contributed by atoms with van der Waals surface area (Å²) >= 11 is 3.35. The normalized spacial score (nSPS) is 10.3. The molecule has 0 aromatic heterocycles. The topological polar surface area (TPSA) is 43.1 Å². The number of ketones is 1. The zero-order valence-electron chi connectivity index (χ0n) is 10.1. The van der Waals surface area contributed by atoms with E-state index in [0.717, 1.165) is 16.5 Å². The number of benzene rings is 2. The number of nitrogen functional groups attached to an aromatic ring is 1. The second-order valence-corrected chi connectivity index (χ2v) is 5.07. The summed E-state index contributed by atoms with van der Waals surface area (Å²) in [5.74, 6) is -0.00157. The van der Waals surface area contributed by atoms with Gasteiger partial charge in [0, 0.05) is 21.3 Å². The van der Waals surface area contributed by atoms with Crippen LogP contribution in [0, 0.1) is 0 Å². The van der Waals surface area contributed by atoms with Gasteiger partial charge >= 0.3 is 0 Å². The number of rotatable bonds is 3. The Hall–Kier alpha value is -1.61. The molecule has 0 saturated heterocycles. The summed E-state index contributed by atoms with van der Waals surface area (Å²) in [5, 5.41) is 0. The quantitative estimate of drug-likeness (QED) is 0.692. The van der Waals surface area contributed by atoms with Crippen molar-refractivity contribution in [3.63, 3.8) is 0 Å². The number of anilines is 1. The maximum atomic E-state index is 12.3. The molecule has 92 valence electrons. The second kappa shape index (κ2) is 5.36. The van der Waals surface area contributed by atoms with Gasteiger partial charge in [-0.3, -0.25) is 4.79 Å². The third-order valence-electron chi connectivity index (χ3n) is 2.78. The van der Waals surface area contributed by atoms with Gasteiger partial charge in [-0.05, 0) is 36.2 Å². The lowest BCUT2D eigenvalue weighted by Gasteiger charge is -2.05. The first-order valence-electron chi connectivity index (χ1n) is 5.80. The van der Waals surface area contributed by atoms with Crippen molar-refractivity contribution in [2.75, 3.05) is 5.73 Å². The van der Waals surface area contributed by atoms with Crippen LogP contribution in [0.4, 0.5) is 5.69 Å². The van der Waals surface area contributed by atoms with Crippen LogP contribution in [0.15, 0.2) is 46.9 Å². The first kappa shape index (κ1) is 12.8. The molecule has 0 bridgehead atoms. The van der Waals surface area contributed by atoms with E-state index in [1.807, 2.05) is 24.3 Å². The summed E-state index contributed by atoms with van der Waals surface area (Å²) in [7, 11) is 0. The first-order chi connectivity index (χ1) is 8.60. The number of nitrogens with two attached hydrogens (primary N) is 1. The lowest BCUT2D eigenvalue weighted by molar-refractivity contribution is 0.103. The molecule has 0 radical (unpaired) electrons. The van der Waals surface area contributed by atoms with Crippen molar-refractivity contribution in [2.24, 2.45) is 0 Å². The minimum atomic E-state index is -0.00157. The molecule has 0 atom stereocenters. The fourth-order valence-electron chi connectivity index (χ4n) is 1.84. The zero-order chi connectivity index (χ0) is 13.1. The highest BCUT2D eigenvalue weighted by molar-refractivity contribution is 9.10. The van der Waals surface area contributed by atoms with Gasteiger partial charge in [0.1, 0.15) is 0 Å². The highest BCUT2D eigenvalue weighted by Crippen LogP contribution is 2.20. The molecule has 18 heavy (non-hydrogen) atoms. The van der Waals surface area contributed by atoms with Gasteiger partial charge in [0.25, 0.3) is 0 Å². The molecule has 0 unspecified atom stereocenters. The Morgan fingerprint density at radius 1 is 1.17 bits per heavy atom. The number of hydrogen-bond donors (Lipinski definition) is 1. The van der Waals surface area contributed by atoms with Gasteiger partial charge in [-0.1, -0.05) is 41.1 Å². The molecule has 0 heterocycles. The van der Waals surface area contributed by atoms with Crippen molar-refractivity contribution < 1.29 is 4.79 Å². The predicted octanol–water partition coefficient (Wildman–Crippen LogP) is 3.82. The highest BCUT2D eigenvalue weighted by Gasteiger charge is 2.10. The van der Waals surface area contributed by atoms with Crippen LogP contribution in [0.1, 0.15) is 28.4 Å². The van der Waals surface area contributed by atoms with E-state index in [1.165, 1.54) is 0 Å². The van der Waals surface area contributed by atoms with Gasteiger partial charge in [0.15, 0.2) is 5.78 Å². The largest absolute Gasteiger partial charge is 0.399 e. The van der Waals surface area contributed by atoms with E-state index in [-0.39, 0.29) is 5.78 Å². The van der Waals surface area contributed by atoms with E-state index < -0.39 is 0 Å². The standard InChI is InChI=1S/C15H14BrNO/c1-2-10-4-3-5-11(6-10)15(18)12-7-13(16)9-14(17)8-12/h3-9H,2,17H2,1H3. The van der Waals surface area contributed by atoms with Gasteiger partial charge in [0.05, 0.1) is 0 Å². The van der Waals surface area contributed by atoms with Crippen LogP contribution in [-0.2, 0) is 6.42 Å². The van der Waals surface area contributed by atoms with Crippen molar-refractivity contribution in [2.45, 2.75) is 13.3 Å². The van der Waals surface area contributed by atoms with Crippen LogP contribution in [0.2, 0.25) is 0 Å². The Balaban J connectivity index is 2.41. The SMILES string of the molecule is CCc1cccc(C(=O)c2cc(N)cc(Br)c2)c1. The van der Waals surface area contributed by atoms with Crippen molar-refractivity contribution in [1.29, 1.82) is 0 Å². The van der Waals surface area contributed by atoms with Gasteiger partial charge in [0.2, 0.25) is 0 Å². The summed E-state index contributed by atoms with van der Waals surface area (Å²) in [5.41, 5.74) is 8.80. The van der Waals surface area contributed by atoms with E-state index in [9.17, 15) is 4.79 Å². The van der Waals surface area contributed by atoms with Crippen LogP contribution in [0.5, 0.6) is 0 Å². The predicted molar refractivity (Wildman–Crippen MR) is 77.8 cm³/mol. The molecule has 2 aromatic carbocycles. The van der Waals surface area contributed by atoms with Crippen LogP contribution in [0.3, 0.4) is 0 Å². The third kappa shape index (κ3) is 2.79. The average Bonchev–Trinajstić information content (AvgIpc) is 2.37. The molecule has 2 nitrogen and oxygen atoms in total. The fourth-order valence-corrected chi connectivity index (χ4v) is 2.35. The van der Waals surface area contributed by atoms with Gasteiger partial charge in [-0.25, -0.2) is 0 Å². The molecule has 0 aliphatic rings. The lowest BCUT2D eigenvalue weighted by Crippen LogP contribution is -2.03. The maximum Gasteiger partial charge on any atom is 0.193 e. The Labute approximate surface area is 115 Å². The summed E-state index contributed by atoms with van der Waals surface area (Å²) in [6, 6.07) is 13.0. The Morgan fingerprint density at radius 3 is 2.61 bits per heavy atom. The molecule has 0 aliphatic heterocycles. The van der Waals surface area contributed by atoms with E-state index in [2.05, 4.69) is 22.9 Å². The van der Waals surface area contributed by atoms with Crippen molar-refractivity contribution in [3.05, 3.63) is 63.6 Å². The number of hydrogen-bond acceptors (Lipinski definition) is 2. The van der Waals surface area contributed by atoms with Crippen molar-refractivity contribution >= 4 is 27.4 Å². The molecule has 0 fully saturated rings. The summed E-state index contributed by atoms with van der Waals surface area (Å²) < 4.78 is 0.817. The summed E-state index contributed by atoms with van der Waals surface area (Å²) in [6.07, 6.45) is 0.918. The fraction of sp³-hybridized carbons (Fsp3) is 0.133. The minimum absolute atomic E-state index is 0.00157. The smallest absolute Gasteiger partial charge is 0.193 e. The number of carbonyl (C=O) groups is 1. The summed E-state index contributed by atoms with van der Waals surface area (Å²) in [4.78, 5) is 12.3. The number of halogens is 1. The molecule has 0 amide bonds. The highest BCUT2D eigenvalue weighted by atomic mass is 79.9.